The van der Waals surface area contributed by atoms with Crippen molar-refractivity contribution in [3.05, 3.63) is 34.5 Å². The summed E-state index contributed by atoms with van der Waals surface area (Å²) in [7, 11) is 0. The van der Waals surface area contributed by atoms with Crippen LogP contribution in [0.1, 0.15) is 29.6 Å². The van der Waals surface area contributed by atoms with Crippen molar-refractivity contribution in [1.82, 2.24) is 9.97 Å². The summed E-state index contributed by atoms with van der Waals surface area (Å²) in [5.41, 5.74) is 2.10. The molecule has 156 valence electrons. The number of aryl methyl sites for hydroxylation is 2. The average Bonchev–Trinajstić information content (AvgIpc) is 3.09. The van der Waals surface area contributed by atoms with E-state index in [4.69, 9.17) is 9.47 Å². The predicted octanol–water partition coefficient (Wildman–Crippen LogP) is 4.63. The van der Waals surface area contributed by atoms with Gasteiger partial charge in [0.25, 0.3) is 0 Å². The van der Waals surface area contributed by atoms with Gasteiger partial charge in [0, 0.05) is 22.0 Å². The molecule has 3 aromatic rings. The lowest BCUT2D eigenvalue weighted by atomic mass is 9.89. The Morgan fingerprint density at radius 1 is 1.27 bits per heavy atom. The van der Waals surface area contributed by atoms with E-state index < -0.39 is 0 Å². The number of aromatic nitrogens is 2. The molecule has 0 saturated carbocycles. The third-order valence-electron chi connectivity index (χ3n) is 5.40. The molecule has 5 rings (SSSR count). The molecule has 30 heavy (non-hydrogen) atoms. The largest absolute Gasteiger partial charge is 0.486 e. The number of anilines is 1. The number of rotatable bonds is 4. The highest BCUT2D eigenvalue weighted by Crippen LogP contribution is 2.41. The lowest BCUT2D eigenvalue weighted by molar-refractivity contribution is -0.113. The van der Waals surface area contributed by atoms with Gasteiger partial charge in [-0.2, -0.15) is 0 Å². The lowest BCUT2D eigenvalue weighted by Crippen LogP contribution is -2.17. The van der Waals surface area contributed by atoms with E-state index >= 15 is 0 Å². The molecule has 1 atom stereocenters. The van der Waals surface area contributed by atoms with Gasteiger partial charge in [0.2, 0.25) is 5.91 Å². The molecule has 1 aromatic carbocycles. The molecule has 8 heteroatoms. The van der Waals surface area contributed by atoms with Gasteiger partial charge in [0.1, 0.15) is 28.9 Å². The van der Waals surface area contributed by atoms with Crippen molar-refractivity contribution in [1.29, 1.82) is 0 Å². The van der Waals surface area contributed by atoms with Gasteiger partial charge < -0.3 is 14.8 Å². The maximum atomic E-state index is 12.6. The van der Waals surface area contributed by atoms with Gasteiger partial charge in [0.15, 0.2) is 11.5 Å². The first-order valence-electron chi connectivity index (χ1n) is 10.2. The van der Waals surface area contributed by atoms with E-state index in [1.165, 1.54) is 28.6 Å². The summed E-state index contributed by atoms with van der Waals surface area (Å²) >= 11 is 3.28. The number of benzene rings is 1. The highest BCUT2D eigenvalue weighted by molar-refractivity contribution is 8.00. The number of thiophene rings is 1. The third kappa shape index (κ3) is 3.86. The number of carbonyl (C=O) groups excluding carboxylic acids is 1. The Morgan fingerprint density at radius 2 is 2.10 bits per heavy atom. The minimum absolute atomic E-state index is 0.0705. The molecule has 2 aliphatic rings. The molecule has 2 aromatic heterocycles. The summed E-state index contributed by atoms with van der Waals surface area (Å²) < 4.78 is 11.1. The Kier molecular flexibility index (Phi) is 5.28. The first-order valence-corrected chi connectivity index (χ1v) is 12.0. The summed E-state index contributed by atoms with van der Waals surface area (Å²) in [5, 5.41) is 5.03. The summed E-state index contributed by atoms with van der Waals surface area (Å²) in [6, 6.07) is 5.47. The summed E-state index contributed by atoms with van der Waals surface area (Å²) in [5.74, 6) is 3.07. The standard InChI is InChI=1S/C22H23N3O3S2/c1-12-3-5-15-18(9-12)30-22-20(15)21(23-13(2)24-22)29-11-19(26)25-14-4-6-16-17(10-14)28-8-7-27-16/h4,6,10,12H,3,5,7-9,11H2,1-2H3,(H,25,26)/t12-/m1/s1. The van der Waals surface area contributed by atoms with Crippen molar-refractivity contribution in [2.75, 3.05) is 24.3 Å². The van der Waals surface area contributed by atoms with E-state index in [1.54, 1.807) is 17.4 Å². The number of hydrogen-bond donors (Lipinski definition) is 1. The maximum absolute atomic E-state index is 12.6. The number of nitrogens with one attached hydrogen (secondary N) is 1. The molecule has 6 nitrogen and oxygen atoms in total. The van der Waals surface area contributed by atoms with Gasteiger partial charge in [-0.1, -0.05) is 18.7 Å². The van der Waals surface area contributed by atoms with Gasteiger partial charge >= 0.3 is 0 Å². The molecule has 0 spiro atoms. The second-order valence-corrected chi connectivity index (χ2v) is 9.85. The van der Waals surface area contributed by atoms with Crippen LogP contribution in [0.15, 0.2) is 23.2 Å². The topological polar surface area (TPSA) is 73.3 Å². The molecule has 1 aliphatic heterocycles. The van der Waals surface area contributed by atoms with E-state index in [1.807, 2.05) is 19.1 Å². The summed E-state index contributed by atoms with van der Waals surface area (Å²) in [6.07, 6.45) is 3.38. The molecule has 1 N–H and O–H groups in total. The average molecular weight is 442 g/mol. The fourth-order valence-corrected chi connectivity index (χ4v) is 6.36. The zero-order valence-corrected chi connectivity index (χ0v) is 18.6. The van der Waals surface area contributed by atoms with Crippen LogP contribution in [0.3, 0.4) is 0 Å². The fourth-order valence-electron chi connectivity index (χ4n) is 3.97. The highest BCUT2D eigenvalue weighted by atomic mass is 32.2. The van der Waals surface area contributed by atoms with Crippen molar-refractivity contribution in [3.8, 4) is 11.5 Å². The van der Waals surface area contributed by atoms with Crippen molar-refractivity contribution < 1.29 is 14.3 Å². The van der Waals surface area contributed by atoms with Crippen LogP contribution >= 0.6 is 23.1 Å². The van der Waals surface area contributed by atoms with Crippen LogP contribution in [0.4, 0.5) is 5.69 Å². The number of amides is 1. The molecule has 0 radical (unpaired) electrons. The van der Waals surface area contributed by atoms with E-state index in [0.717, 1.165) is 33.9 Å². The molecular weight excluding hydrogens is 418 g/mol. The summed E-state index contributed by atoms with van der Waals surface area (Å²) in [4.78, 5) is 24.4. The highest BCUT2D eigenvalue weighted by Gasteiger charge is 2.24. The number of thioether (sulfide) groups is 1. The van der Waals surface area contributed by atoms with Crippen LogP contribution in [0, 0.1) is 12.8 Å². The second kappa shape index (κ2) is 8.07. The molecule has 1 amide bonds. The SMILES string of the molecule is Cc1nc(SCC(=O)Nc2ccc3c(c2)OCCO3)c2c3c(sc2n1)C[C@H](C)CC3. The van der Waals surface area contributed by atoms with Crippen molar-refractivity contribution in [2.24, 2.45) is 5.92 Å². The number of fused-ring (bicyclic) bond motifs is 4. The number of carbonyl (C=O) groups is 1. The zero-order valence-electron chi connectivity index (χ0n) is 17.0. The third-order valence-corrected chi connectivity index (χ3v) is 7.52. The lowest BCUT2D eigenvalue weighted by Gasteiger charge is -2.19. The number of ether oxygens (including phenoxy) is 2. The molecule has 0 saturated heterocycles. The van der Waals surface area contributed by atoms with Gasteiger partial charge in [-0.3, -0.25) is 4.79 Å². The second-order valence-electron chi connectivity index (χ2n) is 7.80. The summed E-state index contributed by atoms with van der Waals surface area (Å²) in [6.45, 7) is 5.29. The predicted molar refractivity (Wildman–Crippen MR) is 120 cm³/mol. The van der Waals surface area contributed by atoms with Crippen LogP contribution < -0.4 is 14.8 Å². The fraction of sp³-hybridized carbons (Fsp3) is 0.409. The Balaban J connectivity index is 1.33. The van der Waals surface area contributed by atoms with Gasteiger partial charge in [-0.25, -0.2) is 9.97 Å². The number of nitrogens with zero attached hydrogens (tertiary/aromatic N) is 2. The molecule has 0 bridgehead atoms. The van der Waals surface area contributed by atoms with E-state index in [0.29, 0.717) is 42.1 Å². The quantitative estimate of drug-likeness (QED) is 0.470. The van der Waals surface area contributed by atoms with Crippen LogP contribution in [0.2, 0.25) is 0 Å². The molecule has 3 heterocycles. The Morgan fingerprint density at radius 3 is 2.97 bits per heavy atom. The van der Waals surface area contributed by atoms with Gasteiger partial charge in [-0.15, -0.1) is 11.3 Å². The van der Waals surface area contributed by atoms with Crippen LogP contribution in [-0.4, -0.2) is 34.8 Å². The van der Waals surface area contributed by atoms with E-state index in [-0.39, 0.29) is 5.91 Å². The molecule has 0 unspecified atom stereocenters. The van der Waals surface area contributed by atoms with E-state index in [2.05, 4.69) is 22.2 Å². The van der Waals surface area contributed by atoms with E-state index in [9.17, 15) is 4.79 Å². The van der Waals surface area contributed by atoms with Crippen LogP contribution in [0.5, 0.6) is 11.5 Å². The van der Waals surface area contributed by atoms with Crippen LogP contribution in [0.25, 0.3) is 10.2 Å². The van der Waals surface area contributed by atoms with Crippen molar-refractivity contribution in [3.63, 3.8) is 0 Å². The Labute approximate surface area is 183 Å². The minimum atomic E-state index is -0.0705. The Hall–Kier alpha value is -2.32. The van der Waals surface area contributed by atoms with Gasteiger partial charge in [-0.05, 0) is 49.8 Å². The monoisotopic (exact) mass is 441 g/mol. The van der Waals surface area contributed by atoms with Crippen molar-refractivity contribution >= 4 is 44.9 Å². The van der Waals surface area contributed by atoms with Crippen LogP contribution in [-0.2, 0) is 17.6 Å². The minimum Gasteiger partial charge on any atom is -0.486 e. The molecular formula is C22H23N3O3S2. The maximum Gasteiger partial charge on any atom is 0.234 e. The first kappa shape index (κ1) is 19.6. The van der Waals surface area contributed by atoms with Crippen molar-refractivity contribution in [2.45, 2.75) is 38.1 Å². The molecule has 1 aliphatic carbocycles. The number of hydrogen-bond acceptors (Lipinski definition) is 7. The van der Waals surface area contributed by atoms with Gasteiger partial charge in [0.05, 0.1) is 5.75 Å². The molecule has 0 fully saturated rings. The smallest absolute Gasteiger partial charge is 0.234 e. The zero-order chi connectivity index (χ0) is 20.7. The normalized spacial score (nSPS) is 17.6. The Bertz CT molecular complexity index is 1130. The first-order chi connectivity index (χ1) is 14.6.